The SMILES string of the molecule is CN(C(=O)C=O)c1ccc2oc(=O)[nH]c2c1. The summed E-state index contributed by atoms with van der Waals surface area (Å²) in [7, 11) is 1.47. The standard InChI is InChI=1S/C10H8N2O4/c1-12(9(14)5-13)6-2-3-8-7(4-6)11-10(15)16-8/h2-5H,1H3,(H,11,15). The lowest BCUT2D eigenvalue weighted by Crippen LogP contribution is -2.26. The first-order chi connectivity index (χ1) is 7.61. The van der Waals surface area contributed by atoms with Crippen LogP contribution in [0, 0.1) is 0 Å². The molecule has 1 amide bonds. The third-order valence-corrected chi connectivity index (χ3v) is 2.22. The van der Waals surface area contributed by atoms with Crippen molar-refractivity contribution >= 4 is 29.0 Å². The number of likely N-dealkylation sites (N-methyl/N-ethyl adjacent to an activating group) is 1. The highest BCUT2D eigenvalue weighted by Gasteiger charge is 2.11. The van der Waals surface area contributed by atoms with Crippen molar-refractivity contribution in [2.75, 3.05) is 11.9 Å². The number of carbonyl (C=O) groups is 2. The number of nitrogens with zero attached hydrogens (tertiary/aromatic N) is 1. The summed E-state index contributed by atoms with van der Waals surface area (Å²) < 4.78 is 4.81. The summed E-state index contributed by atoms with van der Waals surface area (Å²) in [5, 5.41) is 0. The number of rotatable bonds is 2. The summed E-state index contributed by atoms with van der Waals surface area (Å²) in [6, 6.07) is 4.69. The van der Waals surface area contributed by atoms with Gasteiger partial charge in [-0.2, -0.15) is 0 Å². The minimum absolute atomic E-state index is 0.225. The quantitative estimate of drug-likeness (QED) is 0.582. The molecule has 6 heteroatoms. The number of hydrogen-bond acceptors (Lipinski definition) is 4. The summed E-state index contributed by atoms with van der Waals surface area (Å²) in [4.78, 5) is 36.0. The average molecular weight is 220 g/mol. The number of aromatic nitrogens is 1. The van der Waals surface area contributed by atoms with Crippen molar-refractivity contribution in [3.63, 3.8) is 0 Å². The van der Waals surface area contributed by atoms with Gasteiger partial charge in [-0.1, -0.05) is 0 Å². The fraction of sp³-hybridized carbons (Fsp3) is 0.100. The van der Waals surface area contributed by atoms with Crippen LogP contribution in [0.2, 0.25) is 0 Å². The maximum absolute atomic E-state index is 11.1. The molecule has 0 fully saturated rings. The molecule has 6 nitrogen and oxygen atoms in total. The number of oxazole rings is 1. The van der Waals surface area contributed by atoms with Crippen molar-refractivity contribution in [3.05, 3.63) is 28.7 Å². The number of benzene rings is 1. The van der Waals surface area contributed by atoms with E-state index in [2.05, 4.69) is 4.98 Å². The Morgan fingerprint density at radius 3 is 2.94 bits per heavy atom. The molecule has 0 aliphatic rings. The molecule has 0 bridgehead atoms. The maximum Gasteiger partial charge on any atom is 0.417 e. The summed E-state index contributed by atoms with van der Waals surface area (Å²) in [5.41, 5.74) is 1.38. The first-order valence-corrected chi connectivity index (χ1v) is 4.47. The van der Waals surface area contributed by atoms with Crippen LogP contribution in [0.1, 0.15) is 0 Å². The zero-order chi connectivity index (χ0) is 11.7. The van der Waals surface area contributed by atoms with Gasteiger partial charge in [-0.3, -0.25) is 14.6 Å². The van der Waals surface area contributed by atoms with Crippen LogP contribution in [0.25, 0.3) is 11.1 Å². The molecule has 0 saturated heterocycles. The van der Waals surface area contributed by atoms with E-state index in [4.69, 9.17) is 4.42 Å². The van der Waals surface area contributed by atoms with Crippen LogP contribution in [-0.4, -0.2) is 24.2 Å². The van der Waals surface area contributed by atoms with Crippen LogP contribution >= 0.6 is 0 Å². The zero-order valence-corrected chi connectivity index (χ0v) is 8.39. The lowest BCUT2D eigenvalue weighted by molar-refractivity contribution is -0.129. The molecule has 0 unspecified atom stereocenters. The Balaban J connectivity index is 2.49. The first-order valence-electron chi connectivity index (χ1n) is 4.47. The number of fused-ring (bicyclic) bond motifs is 1. The summed E-state index contributed by atoms with van der Waals surface area (Å²) in [6.45, 7) is 0. The van der Waals surface area contributed by atoms with Crippen molar-refractivity contribution in [1.29, 1.82) is 0 Å². The Kier molecular flexibility index (Phi) is 2.32. The molecule has 82 valence electrons. The van der Waals surface area contributed by atoms with Crippen LogP contribution in [-0.2, 0) is 9.59 Å². The van der Waals surface area contributed by atoms with Gasteiger partial charge < -0.3 is 9.32 Å². The predicted octanol–water partition coefficient (Wildman–Crippen LogP) is 0.283. The average Bonchev–Trinajstić information content (AvgIpc) is 2.65. The van der Waals surface area contributed by atoms with E-state index in [-0.39, 0.29) is 6.29 Å². The predicted molar refractivity (Wildman–Crippen MR) is 56.3 cm³/mol. The van der Waals surface area contributed by atoms with Gasteiger partial charge in [-0.05, 0) is 18.2 Å². The van der Waals surface area contributed by atoms with E-state index in [0.29, 0.717) is 16.8 Å². The smallest absolute Gasteiger partial charge is 0.408 e. The Morgan fingerprint density at radius 1 is 1.50 bits per heavy atom. The van der Waals surface area contributed by atoms with Crippen LogP contribution in [0.5, 0.6) is 0 Å². The largest absolute Gasteiger partial charge is 0.417 e. The van der Waals surface area contributed by atoms with Crippen LogP contribution in [0.4, 0.5) is 5.69 Å². The lowest BCUT2D eigenvalue weighted by Gasteiger charge is -2.13. The van der Waals surface area contributed by atoms with Gasteiger partial charge in [-0.25, -0.2) is 4.79 Å². The second kappa shape index (κ2) is 3.65. The molecule has 1 aromatic carbocycles. The van der Waals surface area contributed by atoms with Crippen molar-refractivity contribution in [2.24, 2.45) is 0 Å². The van der Waals surface area contributed by atoms with Crippen molar-refractivity contribution < 1.29 is 14.0 Å². The number of anilines is 1. The molecule has 0 aliphatic heterocycles. The highest BCUT2D eigenvalue weighted by Crippen LogP contribution is 2.18. The molecule has 2 rings (SSSR count). The number of nitrogens with one attached hydrogen (secondary N) is 1. The molecule has 0 saturated carbocycles. The zero-order valence-electron chi connectivity index (χ0n) is 8.39. The van der Waals surface area contributed by atoms with Crippen LogP contribution in [0.15, 0.2) is 27.4 Å². The molecular weight excluding hydrogens is 212 g/mol. The van der Waals surface area contributed by atoms with Crippen LogP contribution in [0.3, 0.4) is 0 Å². The number of H-pyrrole nitrogens is 1. The van der Waals surface area contributed by atoms with E-state index in [1.807, 2.05) is 0 Å². The number of amides is 1. The van der Waals surface area contributed by atoms with E-state index in [9.17, 15) is 14.4 Å². The van der Waals surface area contributed by atoms with Crippen LogP contribution < -0.4 is 10.7 Å². The Labute approximate surface area is 89.5 Å². The maximum atomic E-state index is 11.1. The van der Waals surface area contributed by atoms with Gasteiger partial charge in [0.05, 0.1) is 5.52 Å². The normalized spacial score (nSPS) is 10.3. The molecule has 0 atom stereocenters. The van der Waals surface area contributed by atoms with Gasteiger partial charge >= 0.3 is 5.76 Å². The fourth-order valence-corrected chi connectivity index (χ4v) is 1.35. The Bertz CT molecular complexity index is 611. The number of hydrogen-bond donors (Lipinski definition) is 1. The molecule has 0 radical (unpaired) electrons. The molecule has 1 heterocycles. The summed E-state index contributed by atoms with van der Waals surface area (Å²) >= 11 is 0. The Hall–Kier alpha value is -2.37. The molecular formula is C10H8N2O4. The van der Waals surface area contributed by atoms with Gasteiger partial charge in [-0.15, -0.1) is 0 Å². The number of aromatic amines is 1. The number of carbonyl (C=O) groups excluding carboxylic acids is 2. The van der Waals surface area contributed by atoms with Crippen molar-refractivity contribution in [1.82, 2.24) is 4.98 Å². The third kappa shape index (κ3) is 1.60. The van der Waals surface area contributed by atoms with Gasteiger partial charge in [0, 0.05) is 12.7 Å². The van der Waals surface area contributed by atoms with Gasteiger partial charge in [0.1, 0.15) is 0 Å². The third-order valence-electron chi connectivity index (χ3n) is 2.22. The monoisotopic (exact) mass is 220 g/mol. The lowest BCUT2D eigenvalue weighted by atomic mass is 10.2. The van der Waals surface area contributed by atoms with E-state index >= 15 is 0 Å². The summed E-state index contributed by atoms with van der Waals surface area (Å²) in [5.74, 6) is -1.22. The molecule has 2 aromatic rings. The molecule has 1 aromatic heterocycles. The molecule has 16 heavy (non-hydrogen) atoms. The first kappa shape index (κ1) is 10.2. The highest BCUT2D eigenvalue weighted by atomic mass is 16.4. The van der Waals surface area contributed by atoms with E-state index < -0.39 is 11.7 Å². The molecule has 0 aliphatic carbocycles. The van der Waals surface area contributed by atoms with Crippen molar-refractivity contribution in [2.45, 2.75) is 0 Å². The number of aldehydes is 1. The van der Waals surface area contributed by atoms with Crippen molar-refractivity contribution in [3.8, 4) is 0 Å². The fourth-order valence-electron chi connectivity index (χ4n) is 1.35. The van der Waals surface area contributed by atoms with Gasteiger partial charge in [0.25, 0.3) is 5.91 Å². The topological polar surface area (TPSA) is 83.4 Å². The van der Waals surface area contributed by atoms with E-state index in [0.717, 1.165) is 0 Å². The summed E-state index contributed by atoms with van der Waals surface area (Å²) in [6.07, 6.45) is 0.225. The van der Waals surface area contributed by atoms with E-state index in [1.165, 1.54) is 11.9 Å². The molecule has 1 N–H and O–H groups in total. The molecule has 0 spiro atoms. The minimum atomic E-state index is -0.662. The van der Waals surface area contributed by atoms with Gasteiger partial charge in [0.2, 0.25) is 6.29 Å². The second-order valence-electron chi connectivity index (χ2n) is 3.21. The van der Waals surface area contributed by atoms with Gasteiger partial charge in [0.15, 0.2) is 5.58 Å². The second-order valence-corrected chi connectivity index (χ2v) is 3.21. The highest BCUT2D eigenvalue weighted by molar-refractivity contribution is 6.30. The minimum Gasteiger partial charge on any atom is -0.408 e. The van der Waals surface area contributed by atoms with E-state index in [1.54, 1.807) is 18.2 Å². The Morgan fingerprint density at radius 2 is 2.25 bits per heavy atom.